The minimum absolute atomic E-state index is 0.0445. The van der Waals surface area contributed by atoms with Crippen molar-refractivity contribution in [1.29, 1.82) is 0 Å². The standard InChI is InChI=1S/C17H17F3N6O2S/c1-8-6-11(24-15(27)10-4-5-22-29-10)23-14-12(21-7-26(8)14)16(28)25-13(9-2-3-9)17(18,19)20/h4-7,9,13,16,25,28H,2-3H2,1H3,(H,23,24,27)/t13-,16?/m0/s1. The lowest BCUT2D eigenvalue weighted by molar-refractivity contribution is -0.168. The van der Waals surface area contributed by atoms with Crippen molar-refractivity contribution in [2.75, 3.05) is 5.32 Å². The van der Waals surface area contributed by atoms with Gasteiger partial charge in [-0.2, -0.15) is 13.2 Å². The lowest BCUT2D eigenvalue weighted by atomic mass is 10.1. The number of rotatable bonds is 6. The van der Waals surface area contributed by atoms with Crippen LogP contribution >= 0.6 is 11.5 Å². The Kier molecular flexibility index (Phi) is 5.00. The summed E-state index contributed by atoms with van der Waals surface area (Å²) in [5, 5.41) is 15.3. The molecule has 0 spiro atoms. The molecule has 3 heterocycles. The van der Waals surface area contributed by atoms with Crippen molar-refractivity contribution in [2.45, 2.75) is 38.2 Å². The number of halogens is 3. The van der Waals surface area contributed by atoms with Crippen LogP contribution in [-0.2, 0) is 0 Å². The molecule has 3 N–H and O–H groups in total. The summed E-state index contributed by atoms with van der Waals surface area (Å²) in [4.78, 5) is 20.9. The monoisotopic (exact) mass is 426 g/mol. The molecule has 1 aliphatic rings. The number of aliphatic hydroxyl groups is 1. The average molecular weight is 426 g/mol. The van der Waals surface area contributed by atoms with Crippen molar-refractivity contribution in [3.05, 3.63) is 40.9 Å². The van der Waals surface area contributed by atoms with Gasteiger partial charge in [0.05, 0.1) is 0 Å². The maximum Gasteiger partial charge on any atom is 0.404 e. The van der Waals surface area contributed by atoms with Gasteiger partial charge in [-0.25, -0.2) is 14.3 Å². The smallest absolute Gasteiger partial charge is 0.372 e. The molecular formula is C17H17F3N6O2S. The minimum Gasteiger partial charge on any atom is -0.372 e. The first-order valence-electron chi connectivity index (χ1n) is 8.81. The van der Waals surface area contributed by atoms with Crippen LogP contribution in [0.15, 0.2) is 24.7 Å². The topological polar surface area (TPSA) is 104 Å². The second-order valence-electron chi connectivity index (χ2n) is 6.86. The van der Waals surface area contributed by atoms with E-state index in [1.54, 1.807) is 19.1 Å². The van der Waals surface area contributed by atoms with Crippen molar-refractivity contribution >= 4 is 28.9 Å². The van der Waals surface area contributed by atoms with E-state index in [2.05, 4.69) is 25.0 Å². The molecule has 2 atom stereocenters. The fourth-order valence-corrected chi connectivity index (χ4v) is 3.57. The zero-order valence-corrected chi connectivity index (χ0v) is 16.0. The highest BCUT2D eigenvalue weighted by molar-refractivity contribution is 7.08. The predicted molar refractivity (Wildman–Crippen MR) is 98.5 cm³/mol. The molecule has 1 amide bonds. The summed E-state index contributed by atoms with van der Waals surface area (Å²) in [5.41, 5.74) is 0.744. The van der Waals surface area contributed by atoms with E-state index in [4.69, 9.17) is 0 Å². The number of imidazole rings is 1. The van der Waals surface area contributed by atoms with Gasteiger partial charge >= 0.3 is 6.18 Å². The maximum atomic E-state index is 13.3. The van der Waals surface area contributed by atoms with Crippen LogP contribution in [0, 0.1) is 12.8 Å². The normalized spacial score (nSPS) is 16.7. The third kappa shape index (κ3) is 4.09. The predicted octanol–water partition coefficient (Wildman–Crippen LogP) is 2.67. The summed E-state index contributed by atoms with van der Waals surface area (Å²) in [5.74, 6) is -0.770. The molecule has 0 aromatic carbocycles. The molecule has 1 aliphatic carbocycles. The molecule has 1 unspecified atom stereocenters. The number of aliphatic hydroxyl groups excluding tert-OH is 1. The van der Waals surface area contributed by atoms with Gasteiger partial charge in [0.15, 0.2) is 11.9 Å². The van der Waals surface area contributed by atoms with Crippen LogP contribution in [-0.4, -0.2) is 42.0 Å². The minimum atomic E-state index is -4.48. The molecule has 3 aromatic rings. The van der Waals surface area contributed by atoms with Crippen molar-refractivity contribution < 1.29 is 23.1 Å². The van der Waals surface area contributed by atoms with Gasteiger partial charge in [-0.05, 0) is 43.3 Å². The van der Waals surface area contributed by atoms with Crippen LogP contribution in [0.2, 0.25) is 0 Å². The molecular weight excluding hydrogens is 409 g/mol. The van der Waals surface area contributed by atoms with Crippen LogP contribution in [0.3, 0.4) is 0 Å². The third-order valence-electron chi connectivity index (χ3n) is 4.67. The Hall–Kier alpha value is -2.57. The molecule has 0 bridgehead atoms. The first-order chi connectivity index (χ1) is 13.7. The number of aryl methyl sites for hydroxylation is 1. The number of carbonyl (C=O) groups excluding carboxylic acids is 1. The first kappa shape index (κ1) is 19.7. The van der Waals surface area contributed by atoms with Gasteiger partial charge in [-0.1, -0.05) is 0 Å². The molecule has 0 radical (unpaired) electrons. The number of amides is 1. The van der Waals surface area contributed by atoms with Crippen LogP contribution in [0.5, 0.6) is 0 Å². The Labute approximate surface area is 167 Å². The lowest BCUT2D eigenvalue weighted by Gasteiger charge is -2.24. The summed E-state index contributed by atoms with van der Waals surface area (Å²) < 4.78 is 45.2. The average Bonchev–Trinajstić information content (AvgIpc) is 3.15. The quantitative estimate of drug-likeness (QED) is 0.524. The van der Waals surface area contributed by atoms with E-state index >= 15 is 0 Å². The van der Waals surface area contributed by atoms with Gasteiger partial charge in [-0.3, -0.25) is 14.5 Å². The molecule has 29 heavy (non-hydrogen) atoms. The number of carbonyl (C=O) groups is 1. The number of hydrogen-bond acceptors (Lipinski definition) is 7. The van der Waals surface area contributed by atoms with E-state index < -0.39 is 30.3 Å². The van der Waals surface area contributed by atoms with Crippen molar-refractivity contribution in [3.8, 4) is 0 Å². The van der Waals surface area contributed by atoms with Gasteiger partial charge in [0, 0.05) is 18.0 Å². The van der Waals surface area contributed by atoms with Crippen LogP contribution in [0.1, 0.15) is 40.1 Å². The number of nitrogens with one attached hydrogen (secondary N) is 2. The summed E-state index contributed by atoms with van der Waals surface area (Å²) in [6, 6.07) is 1.34. The van der Waals surface area contributed by atoms with Gasteiger partial charge in [0.25, 0.3) is 5.91 Å². The fraction of sp³-hybridized carbons (Fsp3) is 0.412. The zero-order valence-electron chi connectivity index (χ0n) is 15.1. The number of hydrogen-bond donors (Lipinski definition) is 3. The second-order valence-corrected chi connectivity index (χ2v) is 7.70. The van der Waals surface area contributed by atoms with E-state index in [0.29, 0.717) is 23.4 Å². The van der Waals surface area contributed by atoms with E-state index in [1.807, 2.05) is 0 Å². The Morgan fingerprint density at radius 3 is 2.79 bits per heavy atom. The van der Waals surface area contributed by atoms with Gasteiger partial charge in [0.2, 0.25) is 0 Å². The Morgan fingerprint density at radius 2 is 2.17 bits per heavy atom. The fourth-order valence-electron chi connectivity index (χ4n) is 3.08. The maximum absolute atomic E-state index is 13.3. The van der Waals surface area contributed by atoms with Crippen molar-refractivity contribution in [1.82, 2.24) is 24.1 Å². The molecule has 0 saturated heterocycles. The summed E-state index contributed by atoms with van der Waals surface area (Å²) in [7, 11) is 0. The first-order valence-corrected chi connectivity index (χ1v) is 9.59. The molecule has 12 heteroatoms. The molecule has 1 fully saturated rings. The third-order valence-corrected chi connectivity index (χ3v) is 5.41. The SMILES string of the molecule is Cc1cc(NC(=O)c2ccns2)nc2c(C(O)N[C@@H](C3CC3)C(F)(F)F)ncn12. The number of fused-ring (bicyclic) bond motifs is 1. The van der Waals surface area contributed by atoms with Gasteiger partial charge < -0.3 is 10.4 Å². The van der Waals surface area contributed by atoms with Crippen LogP contribution in [0.25, 0.3) is 5.65 Å². The van der Waals surface area contributed by atoms with Gasteiger partial charge in [-0.15, -0.1) is 0 Å². The molecule has 4 rings (SSSR count). The molecule has 8 nitrogen and oxygen atoms in total. The Balaban J connectivity index is 1.61. The highest BCUT2D eigenvalue weighted by Gasteiger charge is 2.49. The summed E-state index contributed by atoms with van der Waals surface area (Å²) in [6.07, 6.45) is -2.36. The van der Waals surface area contributed by atoms with Crippen LogP contribution in [0.4, 0.5) is 19.0 Å². The number of anilines is 1. The number of nitrogens with zero attached hydrogens (tertiary/aromatic N) is 4. The lowest BCUT2D eigenvalue weighted by Crippen LogP contribution is -2.45. The highest BCUT2D eigenvalue weighted by atomic mass is 32.1. The van der Waals surface area contributed by atoms with E-state index in [0.717, 1.165) is 11.5 Å². The molecule has 0 aliphatic heterocycles. The Morgan fingerprint density at radius 1 is 1.41 bits per heavy atom. The van der Waals surface area contributed by atoms with Crippen molar-refractivity contribution in [3.63, 3.8) is 0 Å². The summed E-state index contributed by atoms with van der Waals surface area (Å²) >= 11 is 1.02. The van der Waals surface area contributed by atoms with E-state index in [1.165, 1.54) is 16.9 Å². The molecule has 154 valence electrons. The number of aromatic nitrogens is 4. The van der Waals surface area contributed by atoms with E-state index in [9.17, 15) is 23.1 Å². The largest absolute Gasteiger partial charge is 0.404 e. The molecule has 1 saturated carbocycles. The Bertz CT molecular complexity index is 1030. The van der Waals surface area contributed by atoms with Gasteiger partial charge in [0.1, 0.15) is 28.8 Å². The zero-order chi connectivity index (χ0) is 20.8. The second kappa shape index (κ2) is 7.35. The van der Waals surface area contributed by atoms with Crippen molar-refractivity contribution in [2.24, 2.45) is 5.92 Å². The summed E-state index contributed by atoms with van der Waals surface area (Å²) in [6.45, 7) is 1.73. The number of alkyl halides is 3. The molecule has 3 aromatic heterocycles. The van der Waals surface area contributed by atoms with Crippen LogP contribution < -0.4 is 10.6 Å². The highest BCUT2D eigenvalue weighted by Crippen LogP contribution is 2.41. The van der Waals surface area contributed by atoms with E-state index in [-0.39, 0.29) is 17.2 Å².